The number of aromatic hydroxyl groups is 1. The van der Waals surface area contributed by atoms with Crippen molar-refractivity contribution >= 4 is 6.21 Å². The Labute approximate surface area is 122 Å². The van der Waals surface area contributed by atoms with Gasteiger partial charge in [-0.1, -0.05) is 12.1 Å². The molecule has 0 saturated heterocycles. The minimum atomic E-state index is -0.263. The van der Waals surface area contributed by atoms with Crippen LogP contribution in [0.4, 0.5) is 4.39 Å². The van der Waals surface area contributed by atoms with Gasteiger partial charge in [0.1, 0.15) is 11.6 Å². The van der Waals surface area contributed by atoms with E-state index in [9.17, 15) is 14.6 Å². The van der Waals surface area contributed by atoms with Crippen LogP contribution in [0.25, 0.3) is 0 Å². The largest absolute Gasteiger partial charge is 0.505 e. The zero-order chi connectivity index (χ0) is 15.2. The Morgan fingerprint density at radius 3 is 2.90 bits per heavy atom. The van der Waals surface area contributed by atoms with E-state index < -0.39 is 0 Å². The van der Waals surface area contributed by atoms with Crippen molar-refractivity contribution < 1.29 is 14.6 Å². The molecule has 0 amide bonds. The monoisotopic (exact) mass is 288 g/mol. The predicted octanol–water partition coefficient (Wildman–Crippen LogP) is 2.39. The number of aliphatic hydroxyl groups excluding tert-OH is 1. The topological polar surface area (TPSA) is 65.7 Å². The summed E-state index contributed by atoms with van der Waals surface area (Å²) in [6.07, 6.45) is 3.64. The number of nitrogens with zero attached hydrogens (tertiary/aromatic N) is 2. The molecular formula is C16H17FN2O2. The Morgan fingerprint density at radius 2 is 2.19 bits per heavy atom. The number of hydrogen-bond donors (Lipinski definition) is 2. The first-order valence-corrected chi connectivity index (χ1v) is 6.64. The summed E-state index contributed by atoms with van der Waals surface area (Å²) in [4.78, 5) is 8.21. The Kier molecular flexibility index (Phi) is 5.00. The third kappa shape index (κ3) is 3.86. The second-order valence-corrected chi connectivity index (χ2v) is 4.70. The average Bonchev–Trinajstić information content (AvgIpc) is 2.48. The standard InChI is InChI=1S/C16H17FN2O2/c1-11-16(21)15(13(10-20)8-19-11)9-18-6-5-12-3-2-4-14(17)7-12/h2-4,7-9,20-21H,5-6,10H2,1H3. The van der Waals surface area contributed by atoms with Crippen LogP contribution in [0.1, 0.15) is 22.4 Å². The summed E-state index contributed by atoms with van der Waals surface area (Å²) in [6.45, 7) is 1.93. The highest BCUT2D eigenvalue weighted by atomic mass is 19.1. The molecule has 0 fully saturated rings. The molecule has 4 nitrogen and oxygen atoms in total. The Hall–Kier alpha value is -2.27. The molecule has 110 valence electrons. The molecule has 0 unspecified atom stereocenters. The van der Waals surface area contributed by atoms with Gasteiger partial charge in [-0.25, -0.2) is 4.39 Å². The van der Waals surface area contributed by atoms with E-state index in [4.69, 9.17) is 0 Å². The molecule has 2 rings (SSSR count). The van der Waals surface area contributed by atoms with E-state index in [0.29, 0.717) is 29.8 Å². The first-order valence-electron chi connectivity index (χ1n) is 6.64. The number of pyridine rings is 1. The summed E-state index contributed by atoms with van der Waals surface area (Å²) in [5.41, 5.74) is 2.35. The quantitative estimate of drug-likeness (QED) is 0.830. The number of rotatable bonds is 5. The number of halogens is 1. The van der Waals surface area contributed by atoms with E-state index in [0.717, 1.165) is 5.56 Å². The van der Waals surface area contributed by atoms with E-state index in [1.165, 1.54) is 24.5 Å². The van der Waals surface area contributed by atoms with Crippen LogP contribution in [-0.4, -0.2) is 28.0 Å². The summed E-state index contributed by atoms with van der Waals surface area (Å²) in [5.74, 6) is -0.238. The first-order chi connectivity index (χ1) is 10.1. The fraction of sp³-hybridized carbons (Fsp3) is 0.250. The van der Waals surface area contributed by atoms with Crippen LogP contribution in [0.15, 0.2) is 35.5 Å². The zero-order valence-electron chi connectivity index (χ0n) is 11.8. The van der Waals surface area contributed by atoms with E-state index >= 15 is 0 Å². The molecule has 1 aromatic heterocycles. The van der Waals surface area contributed by atoms with Crippen LogP contribution in [0.5, 0.6) is 5.75 Å². The van der Waals surface area contributed by atoms with Gasteiger partial charge in [0.2, 0.25) is 0 Å². The molecule has 2 aromatic rings. The Balaban J connectivity index is 2.06. The van der Waals surface area contributed by atoms with E-state index in [-0.39, 0.29) is 18.2 Å². The van der Waals surface area contributed by atoms with Gasteiger partial charge in [-0.3, -0.25) is 9.98 Å². The molecule has 5 heteroatoms. The van der Waals surface area contributed by atoms with Crippen LogP contribution in [0, 0.1) is 12.7 Å². The maximum Gasteiger partial charge on any atom is 0.145 e. The molecular weight excluding hydrogens is 271 g/mol. The second kappa shape index (κ2) is 6.95. The van der Waals surface area contributed by atoms with Crippen LogP contribution >= 0.6 is 0 Å². The van der Waals surface area contributed by atoms with E-state index in [1.54, 1.807) is 13.0 Å². The number of aliphatic imine (C=N–C) groups is 1. The van der Waals surface area contributed by atoms with Crippen molar-refractivity contribution in [3.05, 3.63) is 58.7 Å². The van der Waals surface area contributed by atoms with Crippen molar-refractivity contribution in [3.63, 3.8) is 0 Å². The number of aromatic nitrogens is 1. The van der Waals surface area contributed by atoms with Crippen LogP contribution < -0.4 is 0 Å². The molecule has 0 radical (unpaired) electrons. The number of aliphatic hydroxyl groups is 1. The summed E-state index contributed by atoms with van der Waals surface area (Å²) >= 11 is 0. The molecule has 0 bridgehead atoms. The summed E-state index contributed by atoms with van der Waals surface area (Å²) in [5, 5.41) is 19.2. The minimum absolute atomic E-state index is 0.0241. The maximum atomic E-state index is 13.0. The van der Waals surface area contributed by atoms with Crippen molar-refractivity contribution in [2.45, 2.75) is 20.0 Å². The molecule has 0 saturated carbocycles. The molecule has 1 aromatic carbocycles. The van der Waals surface area contributed by atoms with Crippen molar-refractivity contribution in [2.24, 2.45) is 4.99 Å². The third-order valence-electron chi connectivity index (χ3n) is 3.17. The molecule has 2 N–H and O–H groups in total. The van der Waals surface area contributed by atoms with Gasteiger partial charge in [0.05, 0.1) is 12.3 Å². The molecule has 0 aliphatic heterocycles. The lowest BCUT2D eigenvalue weighted by atomic mass is 10.1. The molecule has 1 heterocycles. The number of hydrogen-bond acceptors (Lipinski definition) is 4. The normalized spacial score (nSPS) is 11.2. The van der Waals surface area contributed by atoms with Gasteiger partial charge in [0.15, 0.2) is 0 Å². The Bertz CT molecular complexity index is 657. The van der Waals surface area contributed by atoms with E-state index in [2.05, 4.69) is 9.98 Å². The zero-order valence-corrected chi connectivity index (χ0v) is 11.8. The first kappa shape index (κ1) is 15.1. The number of aryl methyl sites for hydroxylation is 1. The molecule has 0 atom stereocenters. The highest BCUT2D eigenvalue weighted by Gasteiger charge is 2.08. The average molecular weight is 288 g/mol. The minimum Gasteiger partial charge on any atom is -0.505 e. The van der Waals surface area contributed by atoms with Gasteiger partial charge in [0.25, 0.3) is 0 Å². The van der Waals surface area contributed by atoms with Crippen molar-refractivity contribution in [1.82, 2.24) is 4.98 Å². The fourth-order valence-corrected chi connectivity index (χ4v) is 1.96. The SMILES string of the molecule is Cc1ncc(CO)c(C=NCCc2cccc(F)c2)c1O. The molecule has 0 spiro atoms. The Morgan fingerprint density at radius 1 is 1.38 bits per heavy atom. The van der Waals surface area contributed by atoms with E-state index in [1.807, 2.05) is 6.07 Å². The third-order valence-corrected chi connectivity index (χ3v) is 3.17. The van der Waals surface area contributed by atoms with Crippen molar-refractivity contribution in [1.29, 1.82) is 0 Å². The van der Waals surface area contributed by atoms with Gasteiger partial charge in [-0.2, -0.15) is 0 Å². The number of benzene rings is 1. The van der Waals surface area contributed by atoms with Crippen LogP contribution in [0.2, 0.25) is 0 Å². The highest BCUT2D eigenvalue weighted by Crippen LogP contribution is 2.21. The van der Waals surface area contributed by atoms with Gasteiger partial charge in [0, 0.05) is 30.1 Å². The van der Waals surface area contributed by atoms with Crippen LogP contribution in [0.3, 0.4) is 0 Å². The maximum absolute atomic E-state index is 13.0. The second-order valence-electron chi connectivity index (χ2n) is 4.70. The van der Waals surface area contributed by atoms with Crippen molar-refractivity contribution in [2.75, 3.05) is 6.54 Å². The molecule has 0 aliphatic carbocycles. The summed E-state index contributed by atoms with van der Waals surface area (Å²) in [7, 11) is 0. The molecule has 0 aliphatic rings. The van der Waals surface area contributed by atoms with Gasteiger partial charge >= 0.3 is 0 Å². The van der Waals surface area contributed by atoms with Crippen molar-refractivity contribution in [3.8, 4) is 5.75 Å². The van der Waals surface area contributed by atoms with Crippen LogP contribution in [-0.2, 0) is 13.0 Å². The summed E-state index contributed by atoms with van der Waals surface area (Å²) < 4.78 is 13.0. The van der Waals surface area contributed by atoms with Gasteiger partial charge in [-0.15, -0.1) is 0 Å². The predicted molar refractivity (Wildman–Crippen MR) is 79.1 cm³/mol. The lowest BCUT2D eigenvalue weighted by molar-refractivity contribution is 0.280. The molecule has 21 heavy (non-hydrogen) atoms. The smallest absolute Gasteiger partial charge is 0.145 e. The fourth-order valence-electron chi connectivity index (χ4n) is 1.96. The summed E-state index contributed by atoms with van der Waals surface area (Å²) in [6, 6.07) is 6.38. The van der Waals surface area contributed by atoms with Gasteiger partial charge in [-0.05, 0) is 31.0 Å². The highest BCUT2D eigenvalue weighted by molar-refractivity contribution is 5.85. The lowest BCUT2D eigenvalue weighted by Gasteiger charge is -2.07. The van der Waals surface area contributed by atoms with Gasteiger partial charge < -0.3 is 10.2 Å². The lowest BCUT2D eigenvalue weighted by Crippen LogP contribution is -1.99.